The van der Waals surface area contributed by atoms with Crippen molar-refractivity contribution >= 4 is 47.4 Å². The maximum atomic E-state index is 12.0. The molecule has 1 aromatic carbocycles. The number of nitrogens with zero attached hydrogens (tertiary/aromatic N) is 3. The van der Waals surface area contributed by atoms with Gasteiger partial charge in [-0.15, -0.1) is 35.3 Å². The number of carbonyl (C=O) groups excluding carboxylic acids is 1. The summed E-state index contributed by atoms with van der Waals surface area (Å²) in [7, 11) is 1.73. The van der Waals surface area contributed by atoms with Crippen LogP contribution in [0, 0.1) is 0 Å². The zero-order valence-electron chi connectivity index (χ0n) is 17.1. The number of carbonyl (C=O) groups is 1. The molecular weight excluding hydrogens is 501 g/mol. The Morgan fingerprint density at radius 1 is 1.31 bits per heavy atom. The molecule has 1 aliphatic heterocycles. The average molecular weight is 529 g/mol. The van der Waals surface area contributed by atoms with Crippen molar-refractivity contribution in [2.45, 2.75) is 39.0 Å². The van der Waals surface area contributed by atoms with Crippen molar-refractivity contribution in [1.82, 2.24) is 20.5 Å². The van der Waals surface area contributed by atoms with Crippen molar-refractivity contribution < 1.29 is 9.53 Å². The van der Waals surface area contributed by atoms with Crippen LogP contribution in [0.4, 0.5) is 4.79 Å². The highest BCUT2D eigenvalue weighted by atomic mass is 127. The van der Waals surface area contributed by atoms with E-state index in [0.29, 0.717) is 25.6 Å². The summed E-state index contributed by atoms with van der Waals surface area (Å²) in [6.45, 7) is 7.41. The molecule has 1 fully saturated rings. The van der Waals surface area contributed by atoms with Crippen LogP contribution >= 0.6 is 35.3 Å². The minimum Gasteiger partial charge on any atom is -0.444 e. The van der Waals surface area contributed by atoms with E-state index in [1.54, 1.807) is 23.3 Å². The van der Waals surface area contributed by atoms with E-state index >= 15 is 0 Å². The van der Waals surface area contributed by atoms with Crippen LogP contribution in [0.15, 0.2) is 40.7 Å². The standard InChI is InChI=1S/C20H27N5O2S.HI/c1-20(2,3)27-19(26)25-11-15(12-25)23-18(21-4)22-10-17-24-16(13-28-17)14-8-6-5-7-9-14;/h5-9,13,15H,10-12H2,1-4H3,(H2,21,22,23);1H. The van der Waals surface area contributed by atoms with E-state index in [0.717, 1.165) is 16.3 Å². The smallest absolute Gasteiger partial charge is 0.410 e. The van der Waals surface area contributed by atoms with Crippen molar-refractivity contribution in [3.05, 3.63) is 40.7 Å². The van der Waals surface area contributed by atoms with Gasteiger partial charge >= 0.3 is 6.09 Å². The van der Waals surface area contributed by atoms with Crippen LogP contribution in [-0.4, -0.2) is 53.7 Å². The summed E-state index contributed by atoms with van der Waals surface area (Å²) in [5.41, 5.74) is 1.63. The molecule has 9 heteroatoms. The normalized spacial score (nSPS) is 14.6. The van der Waals surface area contributed by atoms with Crippen LogP contribution in [0.2, 0.25) is 0 Å². The molecule has 2 aromatic rings. The van der Waals surface area contributed by atoms with Crippen molar-refractivity contribution in [2.24, 2.45) is 4.99 Å². The van der Waals surface area contributed by atoms with Gasteiger partial charge in [0.2, 0.25) is 0 Å². The lowest BCUT2D eigenvalue weighted by molar-refractivity contribution is 0.00701. The highest BCUT2D eigenvalue weighted by Crippen LogP contribution is 2.21. The van der Waals surface area contributed by atoms with Gasteiger partial charge < -0.3 is 20.3 Å². The number of nitrogens with one attached hydrogen (secondary N) is 2. The third-order valence-corrected chi connectivity index (χ3v) is 4.97. The topological polar surface area (TPSA) is 78.9 Å². The van der Waals surface area contributed by atoms with Crippen LogP contribution in [-0.2, 0) is 11.3 Å². The molecule has 0 aliphatic carbocycles. The summed E-state index contributed by atoms with van der Waals surface area (Å²) in [4.78, 5) is 22.6. The zero-order chi connectivity index (χ0) is 20.1. The second-order valence-corrected chi connectivity index (χ2v) is 8.59. The third-order valence-electron chi connectivity index (χ3n) is 4.13. The van der Waals surface area contributed by atoms with Gasteiger partial charge in [-0.2, -0.15) is 0 Å². The van der Waals surface area contributed by atoms with Gasteiger partial charge in [-0.05, 0) is 20.8 Å². The Bertz CT molecular complexity index is 829. The molecule has 1 saturated heterocycles. The summed E-state index contributed by atoms with van der Waals surface area (Å²) < 4.78 is 5.37. The van der Waals surface area contributed by atoms with Gasteiger partial charge in [0, 0.05) is 31.1 Å². The number of amides is 1. The molecule has 0 radical (unpaired) electrons. The SMILES string of the molecule is CN=C(NCc1nc(-c2ccccc2)cs1)NC1CN(C(=O)OC(C)(C)C)C1.I. The van der Waals surface area contributed by atoms with Crippen molar-refractivity contribution in [3.8, 4) is 11.3 Å². The second-order valence-electron chi connectivity index (χ2n) is 7.64. The molecule has 0 unspecified atom stereocenters. The fraction of sp³-hybridized carbons (Fsp3) is 0.450. The Labute approximate surface area is 193 Å². The Kier molecular flexibility index (Phi) is 8.26. The first kappa shape index (κ1) is 23.4. The monoisotopic (exact) mass is 529 g/mol. The number of aliphatic imine (C=N–C) groups is 1. The number of halogens is 1. The number of aromatic nitrogens is 1. The van der Waals surface area contributed by atoms with Crippen LogP contribution in [0.1, 0.15) is 25.8 Å². The van der Waals surface area contributed by atoms with Gasteiger partial charge in [-0.1, -0.05) is 30.3 Å². The number of ether oxygens (including phenoxy) is 1. The maximum absolute atomic E-state index is 12.0. The molecule has 1 aromatic heterocycles. The summed E-state index contributed by atoms with van der Waals surface area (Å²) in [6, 6.07) is 10.3. The molecular formula is C20H28IN5O2S. The molecule has 1 amide bonds. The molecule has 3 rings (SSSR count). The Hall–Kier alpha value is -1.88. The molecule has 0 saturated carbocycles. The van der Waals surface area contributed by atoms with Gasteiger partial charge in [0.25, 0.3) is 0 Å². The highest BCUT2D eigenvalue weighted by Gasteiger charge is 2.34. The zero-order valence-corrected chi connectivity index (χ0v) is 20.3. The van der Waals surface area contributed by atoms with Gasteiger partial charge in [0.1, 0.15) is 10.6 Å². The fourth-order valence-corrected chi connectivity index (χ4v) is 3.47. The van der Waals surface area contributed by atoms with E-state index in [1.807, 2.05) is 39.0 Å². The molecule has 2 N–H and O–H groups in total. The van der Waals surface area contributed by atoms with E-state index in [-0.39, 0.29) is 36.1 Å². The molecule has 0 atom stereocenters. The number of hydrogen-bond acceptors (Lipinski definition) is 5. The molecule has 7 nitrogen and oxygen atoms in total. The molecule has 158 valence electrons. The van der Waals surface area contributed by atoms with Crippen LogP contribution in [0.3, 0.4) is 0 Å². The number of benzene rings is 1. The van der Waals surface area contributed by atoms with Gasteiger partial charge in [0.05, 0.1) is 18.3 Å². The molecule has 0 spiro atoms. The van der Waals surface area contributed by atoms with Crippen LogP contribution in [0.25, 0.3) is 11.3 Å². The summed E-state index contributed by atoms with van der Waals surface area (Å²) in [5.74, 6) is 0.699. The van der Waals surface area contributed by atoms with Crippen molar-refractivity contribution in [1.29, 1.82) is 0 Å². The summed E-state index contributed by atoms with van der Waals surface area (Å²) in [6.07, 6.45) is -0.273. The van der Waals surface area contributed by atoms with E-state index < -0.39 is 5.60 Å². The van der Waals surface area contributed by atoms with E-state index in [4.69, 9.17) is 4.74 Å². The molecule has 0 bridgehead atoms. The molecule has 29 heavy (non-hydrogen) atoms. The first-order valence-electron chi connectivity index (χ1n) is 9.29. The predicted molar refractivity (Wildman–Crippen MR) is 128 cm³/mol. The van der Waals surface area contributed by atoms with E-state index in [1.165, 1.54) is 0 Å². The van der Waals surface area contributed by atoms with Gasteiger partial charge in [0.15, 0.2) is 5.96 Å². The lowest BCUT2D eigenvalue weighted by Crippen LogP contribution is -2.63. The number of likely N-dealkylation sites (tertiary alicyclic amines) is 1. The van der Waals surface area contributed by atoms with Crippen LogP contribution < -0.4 is 10.6 Å². The van der Waals surface area contributed by atoms with Gasteiger partial charge in [-0.25, -0.2) is 9.78 Å². The Balaban J connectivity index is 0.00000300. The van der Waals surface area contributed by atoms with E-state index in [9.17, 15) is 4.79 Å². The number of guanidine groups is 1. The largest absolute Gasteiger partial charge is 0.444 e. The number of thiazole rings is 1. The predicted octanol–water partition coefficient (Wildman–Crippen LogP) is 3.71. The quantitative estimate of drug-likeness (QED) is 0.359. The molecule has 2 heterocycles. The maximum Gasteiger partial charge on any atom is 0.410 e. The van der Waals surface area contributed by atoms with Crippen molar-refractivity contribution in [2.75, 3.05) is 20.1 Å². The van der Waals surface area contributed by atoms with Gasteiger partial charge in [-0.3, -0.25) is 4.99 Å². The van der Waals surface area contributed by atoms with Crippen LogP contribution in [0.5, 0.6) is 0 Å². The second kappa shape index (κ2) is 10.2. The third kappa shape index (κ3) is 6.84. The lowest BCUT2D eigenvalue weighted by Gasteiger charge is -2.40. The first-order valence-corrected chi connectivity index (χ1v) is 10.2. The lowest BCUT2D eigenvalue weighted by atomic mass is 10.1. The Morgan fingerprint density at radius 2 is 2.00 bits per heavy atom. The molecule has 1 aliphatic rings. The highest BCUT2D eigenvalue weighted by molar-refractivity contribution is 14.0. The summed E-state index contributed by atoms with van der Waals surface area (Å²) in [5, 5.41) is 9.66. The Morgan fingerprint density at radius 3 is 2.62 bits per heavy atom. The van der Waals surface area contributed by atoms with Crippen molar-refractivity contribution in [3.63, 3.8) is 0 Å². The fourth-order valence-electron chi connectivity index (χ4n) is 2.73. The first-order chi connectivity index (χ1) is 13.3. The minimum absolute atomic E-state index is 0. The summed E-state index contributed by atoms with van der Waals surface area (Å²) >= 11 is 1.62. The van der Waals surface area contributed by atoms with E-state index in [2.05, 4.69) is 38.1 Å². The minimum atomic E-state index is -0.473. The average Bonchev–Trinajstić information content (AvgIpc) is 3.08. The number of hydrogen-bond donors (Lipinski definition) is 2. The number of rotatable bonds is 4.